The molecule has 0 N–H and O–H groups in total. The predicted octanol–water partition coefficient (Wildman–Crippen LogP) is -0.146. The van der Waals surface area contributed by atoms with Crippen molar-refractivity contribution in [3.8, 4) is 0 Å². The van der Waals surface area contributed by atoms with Crippen molar-refractivity contribution >= 4 is 17.6 Å². The number of allylic oxidation sites excluding steroid dienone is 6. The van der Waals surface area contributed by atoms with Crippen LogP contribution in [0.25, 0.3) is 12.2 Å². The second-order valence-electron chi connectivity index (χ2n) is 6.00. The van der Waals surface area contributed by atoms with Crippen molar-refractivity contribution in [2.45, 2.75) is 25.9 Å². The second kappa shape index (κ2) is 14.4. The van der Waals surface area contributed by atoms with Gasteiger partial charge < -0.3 is 24.8 Å². The molecule has 0 amide bonds. The van der Waals surface area contributed by atoms with Crippen LogP contribution in [0.4, 0.5) is 0 Å². The molecule has 0 spiro atoms. The predicted molar refractivity (Wildman–Crippen MR) is 105 cm³/mol. The summed E-state index contributed by atoms with van der Waals surface area (Å²) < 4.78 is 0. The van der Waals surface area contributed by atoms with Crippen LogP contribution in [0.5, 0.6) is 0 Å². The SMILES string of the molecule is C1=CCc2cc[cH-]c2C=C1.C1=CCc2cc[cH-]c2C=C1.C[Si](C)=[Zr+2].[Cl-].[Cl-]. The van der Waals surface area contributed by atoms with Gasteiger partial charge in [-0.1, -0.05) is 37.1 Å². The molecule has 136 valence electrons. The van der Waals surface area contributed by atoms with Gasteiger partial charge in [-0.3, -0.25) is 0 Å². The van der Waals surface area contributed by atoms with Crippen molar-refractivity contribution in [3.63, 3.8) is 0 Å². The fourth-order valence-corrected chi connectivity index (χ4v) is 2.50. The third-order valence-corrected chi connectivity index (χ3v) is 3.61. The summed E-state index contributed by atoms with van der Waals surface area (Å²) in [6, 6.07) is 12.9. The van der Waals surface area contributed by atoms with E-state index in [4.69, 9.17) is 0 Å². The summed E-state index contributed by atoms with van der Waals surface area (Å²) in [5.74, 6) is 0. The van der Waals surface area contributed by atoms with Crippen molar-refractivity contribution < 1.29 is 48.1 Å². The summed E-state index contributed by atoms with van der Waals surface area (Å²) in [6.45, 7) is 4.62. The fraction of sp³-hybridized carbons (Fsp3) is 0.182. The Morgan fingerprint density at radius 1 is 0.769 bits per heavy atom. The normalized spacial score (nSPS) is 12.5. The van der Waals surface area contributed by atoms with Crippen LogP contribution in [-0.4, -0.2) is 5.43 Å². The van der Waals surface area contributed by atoms with E-state index in [1.165, 1.54) is 22.3 Å². The molecule has 2 aromatic rings. The van der Waals surface area contributed by atoms with Gasteiger partial charge in [0.25, 0.3) is 0 Å². The zero-order valence-electron chi connectivity index (χ0n) is 15.3. The van der Waals surface area contributed by atoms with Crippen molar-refractivity contribution in [3.05, 3.63) is 95.1 Å². The molecule has 26 heavy (non-hydrogen) atoms. The first-order valence-corrected chi connectivity index (χ1v) is 14.5. The Balaban J connectivity index is 0.000000378. The van der Waals surface area contributed by atoms with E-state index >= 15 is 0 Å². The minimum absolute atomic E-state index is 0. The summed E-state index contributed by atoms with van der Waals surface area (Å²) >= 11 is 1.74. The van der Waals surface area contributed by atoms with E-state index in [-0.39, 0.29) is 30.2 Å². The van der Waals surface area contributed by atoms with Crippen LogP contribution in [-0.2, 0) is 36.2 Å². The quantitative estimate of drug-likeness (QED) is 0.365. The Morgan fingerprint density at radius 3 is 1.54 bits per heavy atom. The number of fused-ring (bicyclic) bond motifs is 2. The van der Waals surface area contributed by atoms with Crippen LogP contribution in [0.2, 0.25) is 13.1 Å². The van der Waals surface area contributed by atoms with Crippen LogP contribution in [0.3, 0.4) is 0 Å². The minimum Gasteiger partial charge on any atom is -1.00 e. The molecule has 0 atom stereocenters. The maximum absolute atomic E-state index is 2.31. The van der Waals surface area contributed by atoms with E-state index in [0.717, 1.165) is 12.8 Å². The Bertz CT molecular complexity index is 711. The Hall–Kier alpha value is -0.660. The molecule has 4 rings (SSSR count). The number of hydrogen-bond donors (Lipinski definition) is 0. The Kier molecular flexibility index (Phi) is 14.0. The summed E-state index contributed by atoms with van der Waals surface area (Å²) in [6.07, 6.45) is 19.2. The maximum Gasteiger partial charge on any atom is -1.00 e. The first-order chi connectivity index (χ1) is 11.7. The summed E-state index contributed by atoms with van der Waals surface area (Å²) in [7, 11) is 0. The number of rotatable bonds is 0. The topological polar surface area (TPSA) is 0 Å². The van der Waals surface area contributed by atoms with E-state index < -0.39 is 0 Å². The third-order valence-electron chi connectivity index (χ3n) is 3.61. The molecule has 2 aliphatic carbocycles. The average molecular weight is 479 g/mol. The molecular formula is C22H24Cl2SiZr-2. The fourth-order valence-electron chi connectivity index (χ4n) is 2.50. The van der Waals surface area contributed by atoms with Crippen LogP contribution >= 0.6 is 0 Å². The van der Waals surface area contributed by atoms with E-state index in [9.17, 15) is 0 Å². The van der Waals surface area contributed by atoms with Crippen LogP contribution in [0.1, 0.15) is 22.3 Å². The third kappa shape index (κ3) is 9.33. The summed E-state index contributed by atoms with van der Waals surface area (Å²) in [5.41, 5.74) is 5.81. The van der Waals surface area contributed by atoms with Crippen molar-refractivity contribution in [2.24, 2.45) is 0 Å². The van der Waals surface area contributed by atoms with Gasteiger partial charge in [-0.2, -0.15) is 46.5 Å². The molecular weight excluding hydrogens is 454 g/mol. The summed E-state index contributed by atoms with van der Waals surface area (Å²) in [4.78, 5) is 0. The van der Waals surface area contributed by atoms with Gasteiger partial charge in [-0.15, -0.1) is 36.4 Å². The zero-order chi connectivity index (χ0) is 17.2. The molecule has 0 unspecified atom stereocenters. The van der Waals surface area contributed by atoms with E-state index in [1.807, 2.05) is 0 Å². The monoisotopic (exact) mass is 476 g/mol. The molecule has 2 aliphatic rings. The zero-order valence-corrected chi connectivity index (χ0v) is 20.2. The number of halogens is 2. The van der Waals surface area contributed by atoms with Crippen LogP contribution in [0, 0.1) is 0 Å². The molecule has 0 fully saturated rings. The van der Waals surface area contributed by atoms with Crippen LogP contribution < -0.4 is 24.8 Å². The van der Waals surface area contributed by atoms with Gasteiger partial charge in [0.05, 0.1) is 0 Å². The molecule has 2 aromatic carbocycles. The van der Waals surface area contributed by atoms with E-state index in [2.05, 4.69) is 98.1 Å². The van der Waals surface area contributed by atoms with Gasteiger partial charge in [0.2, 0.25) is 0 Å². The van der Waals surface area contributed by atoms with E-state index in [0.29, 0.717) is 0 Å². The van der Waals surface area contributed by atoms with Crippen molar-refractivity contribution in [1.82, 2.24) is 0 Å². The largest absolute Gasteiger partial charge is 1.00 e. The van der Waals surface area contributed by atoms with Gasteiger partial charge in [0.1, 0.15) is 0 Å². The molecule has 0 aromatic heterocycles. The molecule has 0 heterocycles. The second-order valence-corrected chi connectivity index (χ2v) is 15.4. The smallest absolute Gasteiger partial charge is 1.00 e. The molecule has 0 nitrogen and oxygen atoms in total. The Morgan fingerprint density at radius 2 is 1.15 bits per heavy atom. The maximum atomic E-state index is 2.31. The van der Waals surface area contributed by atoms with Gasteiger partial charge in [-0.25, -0.2) is 0 Å². The van der Waals surface area contributed by atoms with Gasteiger partial charge >= 0.3 is 41.9 Å². The van der Waals surface area contributed by atoms with Crippen molar-refractivity contribution in [1.29, 1.82) is 0 Å². The first-order valence-electron chi connectivity index (χ1n) is 8.34. The van der Waals surface area contributed by atoms with Gasteiger partial charge in [0, 0.05) is 0 Å². The van der Waals surface area contributed by atoms with Gasteiger partial charge in [-0.05, 0) is 0 Å². The summed E-state index contributed by atoms with van der Waals surface area (Å²) in [5, 5.41) is 0. The van der Waals surface area contributed by atoms with E-state index in [1.54, 1.807) is 23.3 Å². The average Bonchev–Trinajstić information content (AvgIpc) is 3.05. The van der Waals surface area contributed by atoms with Crippen molar-refractivity contribution in [2.75, 3.05) is 0 Å². The van der Waals surface area contributed by atoms with Crippen LogP contribution in [0.15, 0.2) is 72.9 Å². The van der Waals surface area contributed by atoms with Gasteiger partial charge in [0.15, 0.2) is 0 Å². The minimum atomic E-state index is 0. The molecule has 0 radical (unpaired) electrons. The number of hydrogen-bond acceptors (Lipinski definition) is 0. The molecule has 0 saturated heterocycles. The molecule has 0 saturated carbocycles. The molecule has 0 bridgehead atoms. The first kappa shape index (κ1) is 25.3. The molecule has 4 heteroatoms. The standard InChI is InChI=1S/2C10H9.C2H6Si.2ClH.Zr/c2*1-2-5-9-7-4-8-10(9)6-3-1;1-3-2;;;/h2*1-5,7-8H,6H2;1-2H3;2*1H;/q2*-1;;;;+2/p-2. The molecule has 0 aliphatic heterocycles. The Labute approximate surface area is 185 Å².